The summed E-state index contributed by atoms with van der Waals surface area (Å²) in [7, 11) is 0. The summed E-state index contributed by atoms with van der Waals surface area (Å²) < 4.78 is 0.509. The molecule has 0 aromatic heterocycles. The average molecular weight is 288 g/mol. The molecular formula is C9H10BrN3O3. The van der Waals surface area contributed by atoms with E-state index in [2.05, 4.69) is 21.2 Å². The van der Waals surface area contributed by atoms with Gasteiger partial charge in [0.15, 0.2) is 0 Å². The molecule has 1 rings (SSSR count). The number of nitro benzene ring substituents is 1. The van der Waals surface area contributed by atoms with Crippen LogP contribution < -0.4 is 11.1 Å². The summed E-state index contributed by atoms with van der Waals surface area (Å²) in [6.07, 6.45) is 0. The minimum atomic E-state index is -0.544. The predicted molar refractivity (Wildman–Crippen MR) is 63.1 cm³/mol. The van der Waals surface area contributed by atoms with Crippen LogP contribution >= 0.6 is 15.9 Å². The Morgan fingerprint density at radius 2 is 2.25 bits per heavy atom. The highest BCUT2D eigenvalue weighted by Crippen LogP contribution is 2.27. The molecular weight excluding hydrogens is 278 g/mol. The fraction of sp³-hybridized carbons (Fsp3) is 0.222. The van der Waals surface area contributed by atoms with Crippen LogP contribution in [0.5, 0.6) is 0 Å². The zero-order valence-electron chi connectivity index (χ0n) is 8.44. The van der Waals surface area contributed by atoms with Gasteiger partial charge in [-0.25, -0.2) is 0 Å². The van der Waals surface area contributed by atoms with Crippen LogP contribution in [0.2, 0.25) is 0 Å². The van der Waals surface area contributed by atoms with Crippen molar-refractivity contribution in [1.29, 1.82) is 0 Å². The Balaban J connectivity index is 2.91. The number of amides is 1. The summed E-state index contributed by atoms with van der Waals surface area (Å²) >= 11 is 3.17. The number of non-ortho nitro benzene ring substituents is 1. The lowest BCUT2D eigenvalue weighted by Gasteiger charge is -2.12. The molecule has 0 aliphatic heterocycles. The summed E-state index contributed by atoms with van der Waals surface area (Å²) in [6.45, 7) is 1.61. The first kappa shape index (κ1) is 12.4. The normalized spacial score (nSPS) is 11.9. The molecule has 0 spiro atoms. The Labute approximate surface area is 100 Å². The maximum absolute atomic E-state index is 10.8. The van der Waals surface area contributed by atoms with E-state index in [1.165, 1.54) is 18.2 Å². The third-order valence-corrected chi connectivity index (χ3v) is 2.62. The van der Waals surface area contributed by atoms with Gasteiger partial charge in [-0.2, -0.15) is 0 Å². The highest BCUT2D eigenvalue weighted by molar-refractivity contribution is 9.10. The quantitative estimate of drug-likeness (QED) is 0.650. The van der Waals surface area contributed by atoms with Crippen molar-refractivity contribution < 1.29 is 9.72 Å². The lowest BCUT2D eigenvalue weighted by molar-refractivity contribution is -0.384. The van der Waals surface area contributed by atoms with E-state index in [0.29, 0.717) is 10.2 Å². The number of carbonyl (C=O) groups is 1. The average Bonchev–Trinajstić information content (AvgIpc) is 2.20. The maximum Gasteiger partial charge on any atom is 0.270 e. The van der Waals surface area contributed by atoms with Gasteiger partial charge in [0.2, 0.25) is 5.91 Å². The summed E-state index contributed by atoms with van der Waals surface area (Å²) in [5.74, 6) is -0.495. The van der Waals surface area contributed by atoms with E-state index in [-0.39, 0.29) is 5.69 Å². The van der Waals surface area contributed by atoms with E-state index >= 15 is 0 Å². The molecule has 6 nitrogen and oxygen atoms in total. The number of primary amides is 1. The Kier molecular flexibility index (Phi) is 3.83. The summed E-state index contributed by atoms with van der Waals surface area (Å²) in [5, 5.41) is 13.3. The van der Waals surface area contributed by atoms with E-state index < -0.39 is 16.9 Å². The second-order valence-electron chi connectivity index (χ2n) is 3.19. The second-order valence-corrected chi connectivity index (χ2v) is 4.04. The minimum absolute atomic E-state index is 0.0239. The molecule has 1 aromatic rings. The number of nitrogens with two attached hydrogens (primary N) is 1. The Hall–Kier alpha value is -1.63. The molecule has 0 aliphatic carbocycles. The lowest BCUT2D eigenvalue weighted by Crippen LogP contribution is -2.32. The first-order chi connectivity index (χ1) is 7.41. The second kappa shape index (κ2) is 4.93. The van der Waals surface area contributed by atoms with Crippen LogP contribution in [-0.4, -0.2) is 16.9 Å². The first-order valence-electron chi connectivity index (χ1n) is 4.41. The molecule has 1 unspecified atom stereocenters. The smallest absolute Gasteiger partial charge is 0.270 e. The Bertz CT molecular complexity index is 436. The van der Waals surface area contributed by atoms with Gasteiger partial charge in [-0.1, -0.05) is 0 Å². The van der Waals surface area contributed by atoms with Crippen LogP contribution in [-0.2, 0) is 4.79 Å². The summed E-state index contributed by atoms with van der Waals surface area (Å²) in [4.78, 5) is 20.8. The molecule has 86 valence electrons. The SMILES string of the molecule is CC(Nc1ccc([N+](=O)[O-])cc1Br)C(N)=O. The van der Waals surface area contributed by atoms with Crippen LogP contribution in [0.3, 0.4) is 0 Å². The number of nitrogens with one attached hydrogen (secondary N) is 1. The van der Waals surface area contributed by atoms with Gasteiger partial charge in [0.05, 0.1) is 4.92 Å². The predicted octanol–water partition coefficient (Wildman–Crippen LogP) is 1.64. The fourth-order valence-corrected chi connectivity index (χ4v) is 1.52. The molecule has 0 fully saturated rings. The molecule has 0 aliphatic rings. The Morgan fingerprint density at radius 3 is 2.69 bits per heavy atom. The maximum atomic E-state index is 10.8. The zero-order chi connectivity index (χ0) is 12.3. The van der Waals surface area contributed by atoms with Crippen molar-refractivity contribution in [3.8, 4) is 0 Å². The number of nitrogens with zero attached hydrogens (tertiary/aromatic N) is 1. The lowest BCUT2D eigenvalue weighted by atomic mass is 10.2. The molecule has 0 saturated heterocycles. The molecule has 3 N–H and O–H groups in total. The van der Waals surface area contributed by atoms with Crippen molar-refractivity contribution in [3.63, 3.8) is 0 Å². The monoisotopic (exact) mass is 287 g/mol. The first-order valence-corrected chi connectivity index (χ1v) is 5.21. The van der Waals surface area contributed by atoms with Crippen molar-refractivity contribution in [2.45, 2.75) is 13.0 Å². The number of halogens is 1. The fourth-order valence-electron chi connectivity index (χ4n) is 1.04. The van der Waals surface area contributed by atoms with Gasteiger partial charge >= 0.3 is 0 Å². The van der Waals surface area contributed by atoms with Crippen molar-refractivity contribution >= 4 is 33.2 Å². The van der Waals surface area contributed by atoms with Crippen LogP contribution in [0, 0.1) is 10.1 Å². The van der Waals surface area contributed by atoms with Crippen LogP contribution in [0.4, 0.5) is 11.4 Å². The standard InChI is InChI=1S/C9H10BrN3O3/c1-5(9(11)14)12-8-3-2-6(13(15)16)4-7(8)10/h2-5,12H,1H3,(H2,11,14). The largest absolute Gasteiger partial charge is 0.373 e. The highest BCUT2D eigenvalue weighted by Gasteiger charge is 2.13. The van der Waals surface area contributed by atoms with Gasteiger partial charge in [-0.05, 0) is 28.9 Å². The number of benzene rings is 1. The van der Waals surface area contributed by atoms with E-state index in [1.807, 2.05) is 0 Å². The van der Waals surface area contributed by atoms with Crippen LogP contribution in [0.25, 0.3) is 0 Å². The molecule has 0 radical (unpaired) electrons. The number of rotatable bonds is 4. The van der Waals surface area contributed by atoms with Crippen LogP contribution in [0.15, 0.2) is 22.7 Å². The minimum Gasteiger partial charge on any atom is -0.373 e. The van der Waals surface area contributed by atoms with E-state index in [0.717, 1.165) is 0 Å². The third kappa shape index (κ3) is 2.93. The molecule has 7 heteroatoms. The molecule has 16 heavy (non-hydrogen) atoms. The molecule has 1 aromatic carbocycles. The number of anilines is 1. The van der Waals surface area contributed by atoms with Gasteiger partial charge in [0, 0.05) is 22.3 Å². The summed E-state index contributed by atoms with van der Waals surface area (Å²) in [5.41, 5.74) is 5.64. The van der Waals surface area contributed by atoms with Crippen molar-refractivity contribution in [1.82, 2.24) is 0 Å². The molecule has 1 atom stereocenters. The van der Waals surface area contributed by atoms with Crippen LogP contribution in [0.1, 0.15) is 6.92 Å². The summed E-state index contributed by atoms with van der Waals surface area (Å²) in [6, 6.07) is 3.68. The van der Waals surface area contributed by atoms with E-state index in [4.69, 9.17) is 5.73 Å². The highest BCUT2D eigenvalue weighted by atomic mass is 79.9. The topological polar surface area (TPSA) is 98.3 Å². The van der Waals surface area contributed by atoms with E-state index in [9.17, 15) is 14.9 Å². The molecule has 0 heterocycles. The third-order valence-electron chi connectivity index (χ3n) is 1.96. The molecule has 1 amide bonds. The van der Waals surface area contributed by atoms with Gasteiger partial charge in [-0.15, -0.1) is 0 Å². The van der Waals surface area contributed by atoms with Crippen molar-refractivity contribution in [2.24, 2.45) is 5.73 Å². The number of carbonyl (C=O) groups excluding carboxylic acids is 1. The zero-order valence-corrected chi connectivity index (χ0v) is 10.0. The molecule has 0 saturated carbocycles. The van der Waals surface area contributed by atoms with Gasteiger partial charge in [0.25, 0.3) is 5.69 Å². The number of hydrogen-bond acceptors (Lipinski definition) is 4. The number of nitro groups is 1. The van der Waals surface area contributed by atoms with Crippen molar-refractivity contribution in [2.75, 3.05) is 5.32 Å². The van der Waals surface area contributed by atoms with Gasteiger partial charge in [-0.3, -0.25) is 14.9 Å². The van der Waals surface area contributed by atoms with E-state index in [1.54, 1.807) is 6.92 Å². The number of hydrogen-bond donors (Lipinski definition) is 2. The van der Waals surface area contributed by atoms with Gasteiger partial charge in [0.1, 0.15) is 6.04 Å². The Morgan fingerprint density at radius 1 is 1.62 bits per heavy atom. The molecule has 0 bridgehead atoms. The van der Waals surface area contributed by atoms with Gasteiger partial charge < -0.3 is 11.1 Å². The van der Waals surface area contributed by atoms with Crippen molar-refractivity contribution in [3.05, 3.63) is 32.8 Å².